The zero-order chi connectivity index (χ0) is 24.2. The van der Waals surface area contributed by atoms with Crippen LogP contribution in [0.15, 0.2) is 69.5 Å². The molecule has 0 radical (unpaired) electrons. The first-order valence-corrected chi connectivity index (χ1v) is 13.2. The standard InChI is InChI=1S/C25H28BrNO5S/c1-4-32-23(28)17-25(13-15-33(30,31)20-8-6-5-7-9-20)21-11-10-19(26)16-22(21)27(24(25)29)14-12-18(2)3/h5-12,16H,4,13-15,17H2,1-3H3/t25-/m1/s1. The second-order valence-corrected chi connectivity index (χ2v) is 11.3. The van der Waals surface area contributed by atoms with Crippen molar-refractivity contribution < 1.29 is 22.7 Å². The molecule has 0 saturated heterocycles. The van der Waals surface area contributed by atoms with Crippen molar-refractivity contribution in [1.82, 2.24) is 0 Å². The van der Waals surface area contributed by atoms with Crippen molar-refractivity contribution in [2.24, 2.45) is 0 Å². The van der Waals surface area contributed by atoms with E-state index in [0.717, 1.165) is 10.0 Å². The fraction of sp³-hybridized carbons (Fsp3) is 0.360. The van der Waals surface area contributed by atoms with Crippen molar-refractivity contribution in [3.05, 3.63) is 70.2 Å². The first-order chi connectivity index (χ1) is 15.6. The van der Waals surface area contributed by atoms with E-state index in [0.29, 0.717) is 17.8 Å². The first kappa shape index (κ1) is 25.2. The first-order valence-electron chi connectivity index (χ1n) is 10.8. The summed E-state index contributed by atoms with van der Waals surface area (Å²) in [5.41, 5.74) is 1.05. The molecule has 0 bridgehead atoms. The molecule has 3 rings (SSSR count). The van der Waals surface area contributed by atoms with E-state index >= 15 is 0 Å². The average Bonchev–Trinajstić information content (AvgIpc) is 2.98. The molecule has 1 aliphatic heterocycles. The molecule has 33 heavy (non-hydrogen) atoms. The number of carbonyl (C=O) groups excluding carboxylic acids is 2. The fourth-order valence-corrected chi connectivity index (χ4v) is 5.86. The Kier molecular flexibility index (Phi) is 7.80. The van der Waals surface area contributed by atoms with E-state index < -0.39 is 21.2 Å². The number of rotatable bonds is 9. The quantitative estimate of drug-likeness (QED) is 0.341. The van der Waals surface area contributed by atoms with Crippen LogP contribution in [0.4, 0.5) is 5.69 Å². The maximum absolute atomic E-state index is 13.9. The number of hydrogen-bond donors (Lipinski definition) is 0. The minimum Gasteiger partial charge on any atom is -0.466 e. The van der Waals surface area contributed by atoms with Gasteiger partial charge < -0.3 is 9.64 Å². The Labute approximate surface area is 203 Å². The van der Waals surface area contributed by atoms with E-state index in [-0.39, 0.29) is 36.0 Å². The van der Waals surface area contributed by atoms with E-state index in [1.165, 1.54) is 12.1 Å². The van der Waals surface area contributed by atoms with Crippen LogP contribution >= 0.6 is 15.9 Å². The summed E-state index contributed by atoms with van der Waals surface area (Å²) >= 11 is 3.47. The highest BCUT2D eigenvalue weighted by Gasteiger charge is 2.52. The van der Waals surface area contributed by atoms with Crippen LogP contribution < -0.4 is 4.90 Å². The Morgan fingerprint density at radius 1 is 1.15 bits per heavy atom. The number of anilines is 1. The van der Waals surface area contributed by atoms with Gasteiger partial charge in [0.05, 0.1) is 29.1 Å². The van der Waals surface area contributed by atoms with Gasteiger partial charge in [-0.15, -0.1) is 0 Å². The van der Waals surface area contributed by atoms with Crippen LogP contribution in [0.25, 0.3) is 0 Å². The van der Waals surface area contributed by atoms with Gasteiger partial charge >= 0.3 is 5.97 Å². The summed E-state index contributed by atoms with van der Waals surface area (Å²) in [5.74, 6) is -1.08. The zero-order valence-corrected chi connectivity index (χ0v) is 21.4. The number of fused-ring (bicyclic) bond motifs is 1. The summed E-state index contributed by atoms with van der Waals surface area (Å²) in [5, 5.41) is 0. The highest BCUT2D eigenvalue weighted by molar-refractivity contribution is 9.10. The van der Waals surface area contributed by atoms with Gasteiger partial charge in [0.1, 0.15) is 0 Å². The van der Waals surface area contributed by atoms with E-state index in [4.69, 9.17) is 4.74 Å². The predicted octanol–water partition coefficient (Wildman–Crippen LogP) is 4.82. The maximum atomic E-state index is 13.9. The Morgan fingerprint density at radius 2 is 1.85 bits per heavy atom. The minimum atomic E-state index is -3.66. The third-order valence-corrected chi connectivity index (χ3v) is 7.98. The monoisotopic (exact) mass is 533 g/mol. The van der Waals surface area contributed by atoms with Gasteiger partial charge in [0.15, 0.2) is 9.84 Å². The van der Waals surface area contributed by atoms with Gasteiger partial charge in [-0.3, -0.25) is 9.59 Å². The predicted molar refractivity (Wildman–Crippen MR) is 132 cm³/mol. The molecule has 0 fully saturated rings. The van der Waals surface area contributed by atoms with Gasteiger partial charge in [-0.2, -0.15) is 0 Å². The molecule has 1 amide bonds. The van der Waals surface area contributed by atoms with E-state index in [9.17, 15) is 18.0 Å². The number of sulfone groups is 1. The Balaban J connectivity index is 2.08. The molecule has 6 nitrogen and oxygen atoms in total. The SMILES string of the molecule is CCOC(=O)C[C@@]1(CCS(=O)(=O)c2ccccc2)C(=O)N(CC=C(C)C)c2cc(Br)ccc21. The van der Waals surface area contributed by atoms with Crippen molar-refractivity contribution >= 4 is 43.3 Å². The van der Waals surface area contributed by atoms with Gasteiger partial charge in [0.2, 0.25) is 5.91 Å². The minimum absolute atomic E-state index is 0.0260. The Morgan fingerprint density at radius 3 is 2.48 bits per heavy atom. The average molecular weight is 534 g/mol. The summed E-state index contributed by atoms with van der Waals surface area (Å²) in [6, 6.07) is 13.6. The molecule has 8 heteroatoms. The number of halogens is 1. The number of esters is 1. The summed E-state index contributed by atoms with van der Waals surface area (Å²) in [4.78, 5) is 28.3. The topological polar surface area (TPSA) is 80.8 Å². The lowest BCUT2D eigenvalue weighted by atomic mass is 9.76. The zero-order valence-electron chi connectivity index (χ0n) is 19.0. The van der Waals surface area contributed by atoms with Gasteiger partial charge in [-0.25, -0.2) is 8.42 Å². The smallest absolute Gasteiger partial charge is 0.307 e. The number of carbonyl (C=O) groups is 2. The fourth-order valence-electron chi connectivity index (χ4n) is 4.08. The summed E-state index contributed by atoms with van der Waals surface area (Å²) in [6.45, 7) is 6.11. The van der Waals surface area contributed by atoms with Crippen LogP contribution in [0.3, 0.4) is 0 Å². The van der Waals surface area contributed by atoms with Crippen molar-refractivity contribution in [2.45, 2.75) is 43.9 Å². The molecule has 2 aromatic carbocycles. The van der Waals surface area contributed by atoms with Gasteiger partial charge in [-0.05, 0) is 57.0 Å². The molecular weight excluding hydrogens is 506 g/mol. The number of benzene rings is 2. The molecule has 0 saturated carbocycles. The number of ether oxygens (including phenoxy) is 1. The lowest BCUT2D eigenvalue weighted by Crippen LogP contribution is -2.43. The molecule has 0 aromatic heterocycles. The van der Waals surface area contributed by atoms with E-state index in [1.54, 1.807) is 36.1 Å². The van der Waals surface area contributed by atoms with Crippen LogP contribution in [0.1, 0.15) is 39.2 Å². The molecule has 1 aliphatic rings. The van der Waals surface area contributed by atoms with E-state index in [2.05, 4.69) is 15.9 Å². The molecule has 0 unspecified atom stereocenters. The second-order valence-electron chi connectivity index (χ2n) is 8.30. The molecule has 0 N–H and O–H groups in total. The Hall–Kier alpha value is -2.45. The lowest BCUT2D eigenvalue weighted by molar-refractivity contribution is -0.146. The molecule has 0 aliphatic carbocycles. The molecule has 0 spiro atoms. The molecular formula is C25H28BrNO5S. The van der Waals surface area contributed by atoms with Crippen LogP contribution in [0.2, 0.25) is 0 Å². The lowest BCUT2D eigenvalue weighted by Gasteiger charge is -2.28. The van der Waals surface area contributed by atoms with Crippen molar-refractivity contribution in [3.63, 3.8) is 0 Å². The summed E-state index contributed by atoms with van der Waals surface area (Å²) in [7, 11) is -3.66. The van der Waals surface area contributed by atoms with Gasteiger partial charge in [-0.1, -0.05) is 51.8 Å². The largest absolute Gasteiger partial charge is 0.466 e. The summed E-state index contributed by atoms with van der Waals surface area (Å²) in [6.07, 6.45) is 1.69. The number of nitrogens with zero attached hydrogens (tertiary/aromatic N) is 1. The number of amides is 1. The second kappa shape index (κ2) is 10.2. The van der Waals surface area contributed by atoms with Crippen molar-refractivity contribution in [3.8, 4) is 0 Å². The van der Waals surface area contributed by atoms with Crippen molar-refractivity contribution in [1.29, 1.82) is 0 Å². The van der Waals surface area contributed by atoms with E-state index in [1.807, 2.05) is 32.1 Å². The van der Waals surface area contributed by atoms with Crippen LogP contribution in [-0.4, -0.2) is 39.2 Å². The summed E-state index contributed by atoms with van der Waals surface area (Å²) < 4.78 is 32.1. The third-order valence-electron chi connectivity index (χ3n) is 5.75. The van der Waals surface area contributed by atoms with Gasteiger partial charge in [0.25, 0.3) is 0 Å². The van der Waals surface area contributed by atoms with Crippen LogP contribution in [0.5, 0.6) is 0 Å². The highest BCUT2D eigenvalue weighted by atomic mass is 79.9. The molecule has 2 aromatic rings. The van der Waals surface area contributed by atoms with Gasteiger partial charge in [0, 0.05) is 16.7 Å². The van der Waals surface area contributed by atoms with Crippen LogP contribution in [0, 0.1) is 0 Å². The third kappa shape index (κ3) is 5.38. The number of hydrogen-bond acceptors (Lipinski definition) is 5. The number of allylic oxidation sites excluding steroid dienone is 1. The normalized spacial score (nSPS) is 17.6. The molecule has 1 heterocycles. The highest BCUT2D eigenvalue weighted by Crippen LogP contribution is 2.48. The maximum Gasteiger partial charge on any atom is 0.307 e. The van der Waals surface area contributed by atoms with Crippen LogP contribution in [-0.2, 0) is 29.6 Å². The molecule has 176 valence electrons. The van der Waals surface area contributed by atoms with Crippen molar-refractivity contribution in [2.75, 3.05) is 23.8 Å². The Bertz CT molecular complexity index is 1170. The molecule has 1 atom stereocenters.